The highest BCUT2D eigenvalue weighted by molar-refractivity contribution is 7.99. The SMILES string of the molecule is C#CCN(C(=O)CCSCCC(C)(F)F)c1sc(-c2cncc(F)c2)nc1Cl. The predicted octanol–water partition coefficient (Wildman–Crippen LogP) is 5.13. The van der Waals surface area contributed by atoms with Crippen molar-refractivity contribution in [3.63, 3.8) is 0 Å². The fourth-order valence-electron chi connectivity index (χ4n) is 2.12. The summed E-state index contributed by atoms with van der Waals surface area (Å²) in [6.45, 7) is 0.851. The van der Waals surface area contributed by atoms with Crippen molar-refractivity contribution in [1.82, 2.24) is 9.97 Å². The van der Waals surface area contributed by atoms with Crippen LogP contribution in [0, 0.1) is 18.2 Å². The quantitative estimate of drug-likeness (QED) is 0.395. The molecule has 0 radical (unpaired) electrons. The van der Waals surface area contributed by atoms with Gasteiger partial charge in [-0.2, -0.15) is 11.8 Å². The first-order valence-electron chi connectivity index (χ1n) is 8.18. The van der Waals surface area contributed by atoms with Crippen LogP contribution in [0.1, 0.15) is 19.8 Å². The number of hydrogen-bond donors (Lipinski definition) is 0. The molecule has 0 bridgehead atoms. The third-order valence-electron chi connectivity index (χ3n) is 3.46. The first-order chi connectivity index (χ1) is 13.2. The molecule has 10 heteroatoms. The van der Waals surface area contributed by atoms with E-state index in [0.29, 0.717) is 21.3 Å². The van der Waals surface area contributed by atoms with Crippen LogP contribution in [0.15, 0.2) is 18.5 Å². The molecule has 0 aliphatic heterocycles. The molecule has 2 aromatic rings. The Morgan fingerprint density at radius 2 is 2.18 bits per heavy atom. The van der Waals surface area contributed by atoms with Gasteiger partial charge in [-0.3, -0.25) is 14.7 Å². The van der Waals surface area contributed by atoms with E-state index in [-0.39, 0.29) is 36.2 Å². The van der Waals surface area contributed by atoms with E-state index in [1.165, 1.54) is 28.9 Å². The first kappa shape index (κ1) is 22.5. The van der Waals surface area contributed by atoms with E-state index in [1.54, 1.807) is 0 Å². The second kappa shape index (κ2) is 10.1. The van der Waals surface area contributed by atoms with Gasteiger partial charge in [0.05, 0.1) is 12.7 Å². The summed E-state index contributed by atoms with van der Waals surface area (Å²) in [5, 5.41) is 0.835. The average molecular weight is 448 g/mol. The Morgan fingerprint density at radius 3 is 2.82 bits per heavy atom. The number of carbonyl (C=O) groups excluding carboxylic acids is 1. The van der Waals surface area contributed by atoms with E-state index in [2.05, 4.69) is 15.9 Å². The van der Waals surface area contributed by atoms with Gasteiger partial charge < -0.3 is 0 Å². The van der Waals surface area contributed by atoms with Crippen LogP contribution in [-0.4, -0.2) is 39.8 Å². The Labute approximate surface area is 174 Å². The number of alkyl halides is 2. The first-order valence-corrected chi connectivity index (χ1v) is 10.5. The average Bonchev–Trinajstić information content (AvgIpc) is 2.99. The summed E-state index contributed by atoms with van der Waals surface area (Å²) in [5.74, 6) is -0.486. The fraction of sp³-hybridized carbons (Fsp3) is 0.389. The van der Waals surface area contributed by atoms with Gasteiger partial charge in [0.2, 0.25) is 11.8 Å². The van der Waals surface area contributed by atoms with Crippen LogP contribution in [0.3, 0.4) is 0 Å². The van der Waals surface area contributed by atoms with Crippen LogP contribution in [0.2, 0.25) is 5.15 Å². The molecular weight excluding hydrogens is 431 g/mol. The molecule has 2 heterocycles. The van der Waals surface area contributed by atoms with Crippen LogP contribution in [-0.2, 0) is 4.79 Å². The third kappa shape index (κ3) is 6.69. The number of nitrogens with zero attached hydrogens (tertiary/aromatic N) is 3. The van der Waals surface area contributed by atoms with Gasteiger partial charge in [0.1, 0.15) is 15.8 Å². The predicted molar refractivity (Wildman–Crippen MR) is 109 cm³/mol. The van der Waals surface area contributed by atoms with Gasteiger partial charge >= 0.3 is 0 Å². The Kier molecular flexibility index (Phi) is 8.16. The Morgan fingerprint density at radius 1 is 1.43 bits per heavy atom. The van der Waals surface area contributed by atoms with Gasteiger partial charge in [0.25, 0.3) is 0 Å². The van der Waals surface area contributed by atoms with E-state index in [4.69, 9.17) is 18.0 Å². The van der Waals surface area contributed by atoms with Crippen LogP contribution >= 0.6 is 34.7 Å². The van der Waals surface area contributed by atoms with Crippen LogP contribution in [0.25, 0.3) is 10.6 Å². The molecule has 0 saturated heterocycles. The number of thioether (sulfide) groups is 1. The molecule has 0 aliphatic carbocycles. The third-order valence-corrected chi connectivity index (χ3v) is 5.95. The van der Waals surface area contributed by atoms with Crippen LogP contribution < -0.4 is 4.90 Å². The lowest BCUT2D eigenvalue weighted by Crippen LogP contribution is -2.31. The number of aromatic nitrogens is 2. The molecule has 0 aromatic carbocycles. The number of rotatable bonds is 9. The number of hydrogen-bond acceptors (Lipinski definition) is 5. The fourth-order valence-corrected chi connectivity index (χ4v) is 4.46. The zero-order valence-electron chi connectivity index (χ0n) is 14.9. The minimum absolute atomic E-state index is 0.0146. The zero-order valence-corrected chi connectivity index (χ0v) is 17.3. The molecule has 0 saturated carbocycles. The van der Waals surface area contributed by atoms with Gasteiger partial charge in [0.15, 0.2) is 5.15 Å². The summed E-state index contributed by atoms with van der Waals surface area (Å²) in [7, 11) is 0. The smallest absolute Gasteiger partial charge is 0.246 e. The van der Waals surface area contributed by atoms with E-state index >= 15 is 0 Å². The minimum Gasteiger partial charge on any atom is -0.289 e. The molecule has 2 rings (SSSR count). The van der Waals surface area contributed by atoms with E-state index in [0.717, 1.165) is 24.5 Å². The van der Waals surface area contributed by atoms with E-state index in [9.17, 15) is 18.0 Å². The maximum Gasteiger partial charge on any atom is 0.246 e. The Bertz CT molecular complexity index is 864. The van der Waals surface area contributed by atoms with Crippen molar-refractivity contribution < 1.29 is 18.0 Å². The van der Waals surface area contributed by atoms with Gasteiger partial charge in [-0.05, 0) is 18.7 Å². The van der Waals surface area contributed by atoms with Gasteiger partial charge in [0, 0.05) is 30.4 Å². The lowest BCUT2D eigenvalue weighted by atomic mass is 10.3. The summed E-state index contributed by atoms with van der Waals surface area (Å²) in [6.07, 6.45) is 7.75. The van der Waals surface area contributed by atoms with E-state index < -0.39 is 11.7 Å². The van der Waals surface area contributed by atoms with Gasteiger partial charge in [-0.1, -0.05) is 28.9 Å². The molecule has 4 nitrogen and oxygen atoms in total. The molecule has 0 aliphatic rings. The van der Waals surface area contributed by atoms with Crippen molar-refractivity contribution in [2.75, 3.05) is 23.0 Å². The zero-order chi connectivity index (χ0) is 20.7. The molecule has 0 N–H and O–H groups in total. The summed E-state index contributed by atoms with van der Waals surface area (Å²) >= 11 is 8.55. The standard InChI is InChI=1S/C18H17ClF3N3OS2/c1-3-6-25(14(26)4-7-27-8-5-18(2,21)22)17-15(19)24-16(28-17)12-9-13(20)11-23-10-12/h1,9-11H,4-8H2,2H3. The lowest BCUT2D eigenvalue weighted by molar-refractivity contribution is -0.118. The topological polar surface area (TPSA) is 46.1 Å². The number of thiazole rings is 1. The molecule has 1 amide bonds. The van der Waals surface area contributed by atoms with Crippen LogP contribution in [0.4, 0.5) is 18.2 Å². The van der Waals surface area contributed by atoms with E-state index in [1.807, 2.05) is 0 Å². The molecule has 28 heavy (non-hydrogen) atoms. The maximum absolute atomic E-state index is 13.4. The number of carbonyl (C=O) groups is 1. The molecule has 0 atom stereocenters. The van der Waals surface area contributed by atoms with Crippen molar-refractivity contribution >= 4 is 45.6 Å². The van der Waals surface area contributed by atoms with Crippen molar-refractivity contribution in [3.8, 4) is 22.9 Å². The molecule has 0 spiro atoms. The Hall–Kier alpha value is -1.76. The highest BCUT2D eigenvalue weighted by Gasteiger charge is 2.23. The summed E-state index contributed by atoms with van der Waals surface area (Å²) in [6, 6.07) is 1.26. The lowest BCUT2D eigenvalue weighted by Gasteiger charge is -2.18. The molecule has 0 unspecified atom stereocenters. The summed E-state index contributed by atoms with van der Waals surface area (Å²) in [5.41, 5.74) is 0.433. The maximum atomic E-state index is 13.4. The number of halogens is 4. The molecular formula is C18H17ClF3N3OS2. The molecule has 150 valence electrons. The highest BCUT2D eigenvalue weighted by atomic mass is 35.5. The van der Waals surface area contributed by atoms with Crippen molar-refractivity contribution in [1.29, 1.82) is 0 Å². The Balaban J connectivity index is 2.07. The summed E-state index contributed by atoms with van der Waals surface area (Å²) < 4.78 is 39.0. The van der Waals surface area contributed by atoms with Gasteiger partial charge in [-0.25, -0.2) is 18.2 Å². The largest absolute Gasteiger partial charge is 0.289 e. The van der Waals surface area contributed by atoms with Crippen LogP contribution in [0.5, 0.6) is 0 Å². The minimum atomic E-state index is -2.72. The number of pyridine rings is 1. The molecule has 2 aromatic heterocycles. The number of terminal acetylenes is 1. The van der Waals surface area contributed by atoms with Crippen molar-refractivity contribution in [2.24, 2.45) is 0 Å². The molecule has 0 fully saturated rings. The summed E-state index contributed by atoms with van der Waals surface area (Å²) in [4.78, 5) is 21.8. The van der Waals surface area contributed by atoms with Crippen molar-refractivity contribution in [2.45, 2.75) is 25.7 Å². The highest BCUT2D eigenvalue weighted by Crippen LogP contribution is 2.38. The number of anilines is 1. The van der Waals surface area contributed by atoms with Crippen molar-refractivity contribution in [3.05, 3.63) is 29.4 Å². The van der Waals surface area contributed by atoms with Gasteiger partial charge in [-0.15, -0.1) is 6.42 Å². The monoisotopic (exact) mass is 447 g/mol. The normalized spacial score (nSPS) is 11.3. The second-order valence-corrected chi connectivity index (χ2v) is 8.43. The second-order valence-electron chi connectivity index (χ2n) is 5.87. The number of amides is 1.